The quantitative estimate of drug-likeness (QED) is 0.129. The normalized spacial score (nSPS) is 14.2. The van der Waals surface area contributed by atoms with Gasteiger partial charge in [-0.25, -0.2) is 0 Å². The summed E-state index contributed by atoms with van der Waals surface area (Å²) < 4.78 is 26.8. The molecule has 0 saturated heterocycles. The Morgan fingerprint density at radius 1 is 0.551 bits per heavy atom. The van der Waals surface area contributed by atoms with Crippen molar-refractivity contribution in [3.8, 4) is 0 Å². The van der Waals surface area contributed by atoms with E-state index >= 15 is 0 Å². The molecule has 0 bridgehead atoms. The number of hydrogen-bond donors (Lipinski definition) is 0. The summed E-state index contributed by atoms with van der Waals surface area (Å²) in [7, 11) is -2.42. The van der Waals surface area contributed by atoms with Gasteiger partial charge in [-0.05, 0) is 133 Å². The van der Waals surface area contributed by atoms with Crippen molar-refractivity contribution in [2.75, 3.05) is 41.3 Å². The van der Waals surface area contributed by atoms with E-state index in [1.807, 2.05) is 20.2 Å². The van der Waals surface area contributed by atoms with E-state index in [9.17, 15) is 0 Å². The molecule has 0 amide bonds. The van der Waals surface area contributed by atoms with Crippen LogP contribution in [0.5, 0.6) is 0 Å². The van der Waals surface area contributed by atoms with Gasteiger partial charge in [0.1, 0.15) is 0 Å². The monoisotopic (exact) mass is 799 g/mol. The molecule has 12 heteroatoms. The molecule has 0 radical (unpaired) electrons. The van der Waals surface area contributed by atoms with Crippen molar-refractivity contribution >= 4 is 51.1 Å². The molecule has 300 valence electrons. The summed E-state index contributed by atoms with van der Waals surface area (Å²) in [5.41, 5.74) is 0. The van der Waals surface area contributed by atoms with E-state index in [0.717, 1.165) is 25.6 Å². The van der Waals surface area contributed by atoms with Gasteiger partial charge in [0.25, 0.3) is 9.28 Å². The van der Waals surface area contributed by atoms with Gasteiger partial charge < -0.3 is 26.3 Å². The molecule has 0 aromatic carbocycles. The molecule has 0 spiro atoms. The topological polar surface area (TPSA) is 43.4 Å². The molecule has 0 aliphatic heterocycles. The standard InChI is InChI=1S/C18H45NO2Si3.C13H34O2Si3.C5H11N.CH4/c1-17(2,3)22(9,10)20-24(13,16-14-15-19(7)8)21-23(11,12)18(4,5)6;1-12(2,3)17(8,9)14-16(7)15-18(10,11)13(4,5)6;1-4-5-6(2)3;/h14-16H2,1-13H3;16H,1-11H3;4H,1,5H2,2-3H3;1H4. The molecule has 0 N–H and O–H groups in total. The number of rotatable bonds is 14. The number of hydrogen-bond acceptors (Lipinski definition) is 6. The third-order valence-electron chi connectivity index (χ3n) is 10.8. The van der Waals surface area contributed by atoms with Crippen LogP contribution in [0.4, 0.5) is 0 Å². The van der Waals surface area contributed by atoms with E-state index in [1.54, 1.807) is 0 Å². The molecule has 0 unspecified atom stereocenters. The Balaban J connectivity index is -0.000000357. The Bertz CT molecular complexity index is 858. The molecule has 0 aliphatic rings. The third kappa shape index (κ3) is 22.6. The Labute approximate surface area is 318 Å². The lowest BCUT2D eigenvalue weighted by Crippen LogP contribution is -2.58. The first-order valence-electron chi connectivity index (χ1n) is 18.4. The number of likely N-dealkylation sites (N-methyl/N-ethyl adjacent to an activating group) is 1. The van der Waals surface area contributed by atoms with E-state index in [1.165, 1.54) is 0 Å². The van der Waals surface area contributed by atoms with Gasteiger partial charge in [-0.15, -0.1) is 6.58 Å². The highest BCUT2D eigenvalue weighted by atomic mass is 28.5. The van der Waals surface area contributed by atoms with Gasteiger partial charge in [-0.1, -0.05) is 96.6 Å². The Morgan fingerprint density at radius 2 is 0.837 bits per heavy atom. The van der Waals surface area contributed by atoms with E-state index in [4.69, 9.17) is 16.5 Å². The summed E-state index contributed by atoms with van der Waals surface area (Å²) in [6.07, 6.45) is 3.03. The molecule has 0 aromatic rings. The average molecular weight is 800 g/mol. The summed E-state index contributed by atoms with van der Waals surface area (Å²) in [4.78, 5) is 4.32. The van der Waals surface area contributed by atoms with Crippen LogP contribution in [0.3, 0.4) is 0 Å². The smallest absolute Gasteiger partial charge is 0.314 e. The molecule has 0 heterocycles. The summed E-state index contributed by atoms with van der Waals surface area (Å²) >= 11 is 0. The lowest BCUT2D eigenvalue weighted by atomic mass is 10.2. The van der Waals surface area contributed by atoms with E-state index in [-0.39, 0.29) is 27.6 Å². The molecular formula is C37H94N2O4Si6. The van der Waals surface area contributed by atoms with Crippen LogP contribution in [0.25, 0.3) is 0 Å². The van der Waals surface area contributed by atoms with Gasteiger partial charge in [-0.3, -0.25) is 0 Å². The third-order valence-corrected chi connectivity index (χ3v) is 41.4. The van der Waals surface area contributed by atoms with Crippen LogP contribution < -0.4 is 0 Å². The molecular weight excluding hydrogens is 705 g/mol. The lowest BCUT2D eigenvalue weighted by molar-refractivity contribution is 0.339. The zero-order valence-corrected chi connectivity index (χ0v) is 43.9. The predicted octanol–water partition coefficient (Wildman–Crippen LogP) is 12.3. The minimum Gasteiger partial charge on any atom is -0.438 e. The van der Waals surface area contributed by atoms with Crippen LogP contribution in [0.2, 0.25) is 91.7 Å². The molecule has 0 aromatic heterocycles. The number of nitrogens with zero attached hydrogens (tertiary/aromatic N) is 2. The molecule has 0 saturated carbocycles. The van der Waals surface area contributed by atoms with Crippen molar-refractivity contribution in [1.82, 2.24) is 9.80 Å². The van der Waals surface area contributed by atoms with Gasteiger partial charge in [0.2, 0.25) is 0 Å². The molecule has 0 rings (SSSR count). The van der Waals surface area contributed by atoms with E-state index < -0.39 is 51.1 Å². The van der Waals surface area contributed by atoms with Crippen molar-refractivity contribution in [3.05, 3.63) is 12.7 Å². The zero-order chi connectivity index (χ0) is 39.6. The first kappa shape index (κ1) is 56.5. The first-order chi connectivity index (χ1) is 20.7. The first-order valence-corrected chi connectivity index (χ1v) is 34.6. The highest BCUT2D eigenvalue weighted by Crippen LogP contribution is 2.44. The van der Waals surface area contributed by atoms with Gasteiger partial charge in [0, 0.05) is 6.54 Å². The summed E-state index contributed by atoms with van der Waals surface area (Å²) in [5.74, 6) is 0. The van der Waals surface area contributed by atoms with Gasteiger partial charge in [0.05, 0.1) is 0 Å². The zero-order valence-electron chi connectivity index (χ0n) is 37.7. The maximum Gasteiger partial charge on any atom is 0.314 e. The van der Waals surface area contributed by atoms with Crippen molar-refractivity contribution in [3.63, 3.8) is 0 Å². The maximum absolute atomic E-state index is 6.97. The Hall–Kier alpha value is 0.801. The minimum atomic E-state index is -2.21. The fraction of sp³-hybridized carbons (Fsp3) is 0.946. The molecule has 0 fully saturated rings. The van der Waals surface area contributed by atoms with Crippen LogP contribution in [0, 0.1) is 0 Å². The second-order valence-corrected chi connectivity index (χ2v) is 46.1. The predicted molar refractivity (Wildman–Crippen MR) is 241 cm³/mol. The second-order valence-electron chi connectivity index (χ2n) is 20.6. The molecule has 0 atom stereocenters. The summed E-state index contributed by atoms with van der Waals surface area (Å²) in [5, 5.41) is 0.981. The maximum atomic E-state index is 6.97. The Kier molecular flexibility index (Phi) is 24.3. The van der Waals surface area contributed by atoms with E-state index in [2.05, 4.69) is 179 Å². The van der Waals surface area contributed by atoms with Crippen LogP contribution in [-0.4, -0.2) is 102 Å². The summed E-state index contributed by atoms with van der Waals surface area (Å²) in [6, 6.07) is 1.09. The van der Waals surface area contributed by atoms with Gasteiger partial charge in [0.15, 0.2) is 33.3 Å². The highest BCUT2D eigenvalue weighted by Gasteiger charge is 2.50. The van der Waals surface area contributed by atoms with Gasteiger partial charge >= 0.3 is 8.56 Å². The highest BCUT2D eigenvalue weighted by molar-refractivity contribution is 6.90. The fourth-order valence-electron chi connectivity index (χ4n) is 3.69. The average Bonchev–Trinajstić information content (AvgIpc) is 2.74. The van der Waals surface area contributed by atoms with Crippen LogP contribution in [-0.2, 0) is 16.5 Å². The van der Waals surface area contributed by atoms with Crippen LogP contribution in [0.15, 0.2) is 12.7 Å². The lowest BCUT2D eigenvalue weighted by Gasteiger charge is -2.48. The molecule has 0 aliphatic carbocycles. The van der Waals surface area contributed by atoms with Crippen LogP contribution in [0.1, 0.15) is 96.9 Å². The second kappa shape index (κ2) is 21.0. The minimum absolute atomic E-state index is 0. The molecule has 6 nitrogen and oxygen atoms in total. The van der Waals surface area contributed by atoms with E-state index in [0.29, 0.717) is 0 Å². The van der Waals surface area contributed by atoms with Gasteiger partial charge in [-0.2, -0.15) is 0 Å². The Morgan fingerprint density at radius 3 is 1.02 bits per heavy atom. The SMILES string of the molecule is C.C=CCN(C)C.CN(C)CCC[Si](C)(O[Si](C)(C)C(C)(C)C)O[Si](C)(C)C(C)(C)C.C[SiH](O[Si](C)(C)C(C)(C)C)O[Si](C)(C)C(C)(C)C. The largest absolute Gasteiger partial charge is 0.438 e. The fourth-order valence-corrected chi connectivity index (χ4v) is 27.0. The van der Waals surface area contributed by atoms with Crippen LogP contribution >= 0.6 is 0 Å². The van der Waals surface area contributed by atoms with Crippen molar-refractivity contribution < 1.29 is 16.5 Å². The van der Waals surface area contributed by atoms with Crippen molar-refractivity contribution in [2.45, 2.75) is 189 Å². The molecule has 49 heavy (non-hydrogen) atoms. The van der Waals surface area contributed by atoms with Crippen molar-refractivity contribution in [1.29, 1.82) is 0 Å². The summed E-state index contributed by atoms with van der Waals surface area (Å²) in [6.45, 7) is 56.5. The van der Waals surface area contributed by atoms with Crippen molar-refractivity contribution in [2.24, 2.45) is 0 Å².